The third kappa shape index (κ3) is 2.82. The number of halogens is 3. The smallest absolute Gasteiger partial charge is 0.166 e. The molecule has 104 valence electrons. The second kappa shape index (κ2) is 5.36. The maximum absolute atomic E-state index is 13.5. The third-order valence-electron chi connectivity index (χ3n) is 2.75. The van der Waals surface area contributed by atoms with Gasteiger partial charge in [0.05, 0.1) is 5.56 Å². The zero-order valence-electron chi connectivity index (χ0n) is 10.8. The van der Waals surface area contributed by atoms with Crippen LogP contribution < -0.4 is 4.74 Å². The quantitative estimate of drug-likeness (QED) is 0.778. The van der Waals surface area contributed by atoms with E-state index in [1.807, 2.05) is 0 Å². The number of Topliss-reactive ketones (excluding diaryl/α,β-unsaturated/α-hetero) is 1. The molecule has 0 aromatic heterocycles. The van der Waals surface area contributed by atoms with Crippen molar-refractivity contribution in [1.29, 1.82) is 0 Å². The van der Waals surface area contributed by atoms with Crippen molar-refractivity contribution in [1.82, 2.24) is 0 Å². The summed E-state index contributed by atoms with van der Waals surface area (Å²) in [6.07, 6.45) is 0. The summed E-state index contributed by atoms with van der Waals surface area (Å²) in [6, 6.07) is 5.01. The minimum absolute atomic E-state index is 0.0131. The second-order valence-corrected chi connectivity index (χ2v) is 4.33. The van der Waals surface area contributed by atoms with Gasteiger partial charge in [0.25, 0.3) is 0 Å². The molecule has 2 aromatic carbocycles. The fourth-order valence-electron chi connectivity index (χ4n) is 1.69. The third-order valence-corrected chi connectivity index (χ3v) is 2.75. The first-order valence-corrected chi connectivity index (χ1v) is 5.82. The predicted octanol–water partition coefficient (Wildman–Crippen LogP) is 4.41. The number of carbonyl (C=O) groups excluding carboxylic acids is 1. The van der Waals surface area contributed by atoms with E-state index < -0.39 is 23.2 Å². The Kier molecular flexibility index (Phi) is 3.79. The average Bonchev–Trinajstić information content (AvgIpc) is 2.37. The van der Waals surface area contributed by atoms with E-state index in [0.717, 1.165) is 24.3 Å². The van der Waals surface area contributed by atoms with E-state index in [1.165, 1.54) is 19.9 Å². The van der Waals surface area contributed by atoms with Crippen molar-refractivity contribution in [3.63, 3.8) is 0 Å². The number of rotatable bonds is 3. The minimum atomic E-state index is -0.775. The SMILES string of the molecule is CC(=O)c1cc(F)c(C)cc1Oc1cc(F)ccc1F. The fraction of sp³-hybridized carbons (Fsp3) is 0.133. The van der Waals surface area contributed by atoms with E-state index in [4.69, 9.17) is 4.74 Å². The highest BCUT2D eigenvalue weighted by molar-refractivity contribution is 5.97. The summed E-state index contributed by atoms with van der Waals surface area (Å²) < 4.78 is 45.3. The monoisotopic (exact) mass is 280 g/mol. The fourth-order valence-corrected chi connectivity index (χ4v) is 1.69. The highest BCUT2D eigenvalue weighted by atomic mass is 19.1. The molecular formula is C15H11F3O2. The molecule has 2 aromatic rings. The van der Waals surface area contributed by atoms with Gasteiger partial charge >= 0.3 is 0 Å². The number of carbonyl (C=O) groups is 1. The van der Waals surface area contributed by atoms with Gasteiger partial charge in [0.15, 0.2) is 17.3 Å². The Morgan fingerprint density at radius 2 is 1.70 bits per heavy atom. The summed E-state index contributed by atoms with van der Waals surface area (Å²) in [5.74, 6) is -2.83. The van der Waals surface area contributed by atoms with Crippen molar-refractivity contribution in [2.45, 2.75) is 13.8 Å². The number of ether oxygens (including phenoxy) is 1. The lowest BCUT2D eigenvalue weighted by Crippen LogP contribution is -2.01. The summed E-state index contributed by atoms with van der Waals surface area (Å²) >= 11 is 0. The van der Waals surface area contributed by atoms with Crippen molar-refractivity contribution in [3.05, 3.63) is 58.9 Å². The largest absolute Gasteiger partial charge is 0.453 e. The molecule has 0 saturated heterocycles. The zero-order valence-corrected chi connectivity index (χ0v) is 10.8. The predicted molar refractivity (Wildman–Crippen MR) is 67.6 cm³/mol. The van der Waals surface area contributed by atoms with Crippen LogP contribution in [0.1, 0.15) is 22.8 Å². The second-order valence-electron chi connectivity index (χ2n) is 4.33. The zero-order chi connectivity index (χ0) is 14.9. The Morgan fingerprint density at radius 3 is 2.35 bits per heavy atom. The van der Waals surface area contributed by atoms with Gasteiger partial charge in [0, 0.05) is 6.07 Å². The van der Waals surface area contributed by atoms with Gasteiger partial charge in [-0.25, -0.2) is 13.2 Å². The molecule has 20 heavy (non-hydrogen) atoms. The van der Waals surface area contributed by atoms with Gasteiger partial charge in [-0.15, -0.1) is 0 Å². The van der Waals surface area contributed by atoms with Crippen LogP contribution in [0.5, 0.6) is 11.5 Å². The van der Waals surface area contributed by atoms with Crippen molar-refractivity contribution in [2.75, 3.05) is 0 Å². The van der Waals surface area contributed by atoms with E-state index in [9.17, 15) is 18.0 Å². The molecule has 2 rings (SSSR count). The van der Waals surface area contributed by atoms with Crippen LogP contribution in [0.15, 0.2) is 30.3 Å². The van der Waals surface area contributed by atoms with E-state index >= 15 is 0 Å². The van der Waals surface area contributed by atoms with E-state index in [1.54, 1.807) is 0 Å². The molecule has 0 aliphatic rings. The molecule has 0 saturated carbocycles. The van der Waals surface area contributed by atoms with Crippen LogP contribution >= 0.6 is 0 Å². The Bertz CT molecular complexity index is 681. The molecule has 0 atom stereocenters. The maximum Gasteiger partial charge on any atom is 0.166 e. The van der Waals surface area contributed by atoms with Crippen LogP contribution in [0.3, 0.4) is 0 Å². The summed E-state index contributed by atoms with van der Waals surface area (Å²) in [5.41, 5.74) is 0.207. The molecule has 0 aliphatic carbocycles. The van der Waals surface area contributed by atoms with Crippen LogP contribution in [0.25, 0.3) is 0 Å². The first kappa shape index (κ1) is 14.1. The first-order chi connectivity index (χ1) is 9.38. The molecule has 0 bridgehead atoms. The Morgan fingerprint density at radius 1 is 1.00 bits per heavy atom. The molecule has 0 radical (unpaired) electrons. The normalized spacial score (nSPS) is 10.4. The maximum atomic E-state index is 13.5. The average molecular weight is 280 g/mol. The Hall–Kier alpha value is -2.30. The van der Waals surface area contributed by atoms with Gasteiger partial charge in [-0.3, -0.25) is 4.79 Å². The minimum Gasteiger partial charge on any atom is -0.453 e. The lowest BCUT2D eigenvalue weighted by atomic mass is 10.1. The lowest BCUT2D eigenvalue weighted by molar-refractivity contribution is 0.101. The van der Waals surface area contributed by atoms with Gasteiger partial charge in [-0.05, 0) is 43.7 Å². The molecule has 0 N–H and O–H groups in total. The highest BCUT2D eigenvalue weighted by Crippen LogP contribution is 2.30. The van der Waals surface area contributed by atoms with Crippen molar-refractivity contribution >= 4 is 5.78 Å². The molecular weight excluding hydrogens is 269 g/mol. The van der Waals surface area contributed by atoms with Crippen molar-refractivity contribution < 1.29 is 22.7 Å². The standard InChI is InChI=1S/C15H11F3O2/c1-8-5-14(11(9(2)19)7-13(8)18)20-15-6-10(16)3-4-12(15)17/h3-7H,1-2H3. The summed E-state index contributed by atoms with van der Waals surface area (Å²) in [6.45, 7) is 2.72. The molecule has 5 heteroatoms. The highest BCUT2D eigenvalue weighted by Gasteiger charge is 2.15. The van der Waals surface area contributed by atoms with E-state index in [2.05, 4.69) is 0 Å². The van der Waals surface area contributed by atoms with Crippen LogP contribution in [0.2, 0.25) is 0 Å². The topological polar surface area (TPSA) is 26.3 Å². The van der Waals surface area contributed by atoms with E-state index in [-0.39, 0.29) is 22.6 Å². The molecule has 0 fully saturated rings. The first-order valence-electron chi connectivity index (χ1n) is 5.82. The number of hydrogen-bond acceptors (Lipinski definition) is 2. The van der Waals surface area contributed by atoms with Crippen molar-refractivity contribution in [3.8, 4) is 11.5 Å². The number of hydrogen-bond donors (Lipinski definition) is 0. The molecule has 0 heterocycles. The molecule has 0 spiro atoms. The number of ketones is 1. The van der Waals surface area contributed by atoms with Crippen molar-refractivity contribution in [2.24, 2.45) is 0 Å². The van der Waals surface area contributed by atoms with Gasteiger partial charge < -0.3 is 4.74 Å². The summed E-state index contributed by atoms with van der Waals surface area (Å²) in [5, 5.41) is 0. The van der Waals surface area contributed by atoms with Crippen LogP contribution in [0, 0.1) is 24.4 Å². The summed E-state index contributed by atoms with van der Waals surface area (Å²) in [7, 11) is 0. The van der Waals surface area contributed by atoms with Crippen LogP contribution in [-0.4, -0.2) is 5.78 Å². The lowest BCUT2D eigenvalue weighted by Gasteiger charge is -2.11. The van der Waals surface area contributed by atoms with Crippen LogP contribution in [0.4, 0.5) is 13.2 Å². The van der Waals surface area contributed by atoms with Gasteiger partial charge in [-0.1, -0.05) is 0 Å². The molecule has 2 nitrogen and oxygen atoms in total. The van der Waals surface area contributed by atoms with Gasteiger partial charge in [-0.2, -0.15) is 0 Å². The summed E-state index contributed by atoms with van der Waals surface area (Å²) in [4.78, 5) is 11.5. The van der Waals surface area contributed by atoms with Gasteiger partial charge in [0.2, 0.25) is 0 Å². The molecule has 0 unspecified atom stereocenters. The Labute approximate surface area is 113 Å². The Balaban J connectivity index is 2.50. The number of aryl methyl sites for hydroxylation is 1. The molecule has 0 amide bonds. The number of benzene rings is 2. The van der Waals surface area contributed by atoms with E-state index in [0.29, 0.717) is 0 Å². The van der Waals surface area contributed by atoms with Crippen LogP contribution in [-0.2, 0) is 0 Å². The van der Waals surface area contributed by atoms with Gasteiger partial charge in [0.1, 0.15) is 17.4 Å². The molecule has 0 aliphatic heterocycles.